The number of carbonyl (C=O) groups is 1. The van der Waals surface area contributed by atoms with Gasteiger partial charge in [-0.3, -0.25) is 4.79 Å². The number of halogens is 2. The molecule has 0 aliphatic heterocycles. The molecule has 0 bridgehead atoms. The van der Waals surface area contributed by atoms with Gasteiger partial charge in [0.1, 0.15) is 0 Å². The number of hydrogen-bond donors (Lipinski definition) is 1. The number of aliphatic carboxylic acids is 1. The average molecular weight is 248 g/mol. The molecule has 0 heterocycles. The lowest BCUT2D eigenvalue weighted by molar-refractivity contribution is -0.136. The van der Waals surface area contributed by atoms with Crippen LogP contribution in [-0.4, -0.2) is 23.9 Å². The van der Waals surface area contributed by atoms with Crippen LogP contribution in [0.25, 0.3) is 0 Å². The van der Waals surface area contributed by atoms with E-state index in [2.05, 4.69) is 4.74 Å². The maximum Gasteiger partial charge on any atom is 0.304 e. The van der Waals surface area contributed by atoms with Crippen molar-refractivity contribution in [3.05, 3.63) is 23.8 Å². The molecular weight excluding hydrogens is 238 g/mol. The van der Waals surface area contributed by atoms with Crippen molar-refractivity contribution in [2.24, 2.45) is 0 Å². The monoisotopic (exact) mass is 248 g/mol. The molecule has 88 valence electrons. The number of rotatable bonds is 5. The van der Waals surface area contributed by atoms with Crippen LogP contribution in [0.15, 0.2) is 17.0 Å². The predicted molar refractivity (Wildman–Crippen MR) is 55.9 cm³/mol. The highest BCUT2D eigenvalue weighted by Gasteiger charge is 2.14. The van der Waals surface area contributed by atoms with E-state index in [1.54, 1.807) is 0 Å². The van der Waals surface area contributed by atoms with E-state index in [4.69, 9.17) is 5.11 Å². The van der Waals surface area contributed by atoms with Crippen molar-refractivity contribution in [2.45, 2.75) is 11.3 Å². The molecule has 1 N–H and O–H groups in total. The van der Waals surface area contributed by atoms with Gasteiger partial charge in [-0.1, -0.05) is 0 Å². The quantitative estimate of drug-likeness (QED) is 0.813. The first-order valence-corrected chi connectivity index (χ1v) is 5.41. The summed E-state index contributed by atoms with van der Waals surface area (Å²) in [5.74, 6) is -2.75. The van der Waals surface area contributed by atoms with Crippen LogP contribution in [0.3, 0.4) is 0 Å². The number of ether oxygens (including phenoxy) is 1. The van der Waals surface area contributed by atoms with Gasteiger partial charge in [0.05, 0.1) is 13.5 Å². The number of benzene rings is 1. The zero-order valence-electron chi connectivity index (χ0n) is 8.50. The molecule has 6 heteroatoms. The number of hydrogen-bond acceptors (Lipinski definition) is 3. The molecule has 1 aromatic rings. The van der Waals surface area contributed by atoms with Crippen LogP contribution in [0.1, 0.15) is 6.42 Å². The highest BCUT2D eigenvalue weighted by Crippen LogP contribution is 2.30. The normalized spacial score (nSPS) is 10.2. The Morgan fingerprint density at radius 2 is 2.19 bits per heavy atom. The lowest BCUT2D eigenvalue weighted by atomic mass is 10.3. The Hall–Kier alpha value is -1.30. The highest BCUT2D eigenvalue weighted by atomic mass is 32.2. The van der Waals surface area contributed by atoms with Crippen LogP contribution in [0.5, 0.6) is 5.75 Å². The summed E-state index contributed by atoms with van der Waals surface area (Å²) in [6.07, 6.45) is -0.0796. The maximum atomic E-state index is 13.5. The summed E-state index contributed by atoms with van der Waals surface area (Å²) in [5, 5.41) is 8.41. The van der Waals surface area contributed by atoms with Gasteiger partial charge in [0.2, 0.25) is 0 Å². The van der Waals surface area contributed by atoms with Gasteiger partial charge in [-0.25, -0.2) is 8.78 Å². The first-order chi connectivity index (χ1) is 7.56. The molecular formula is C10H10F2O3S. The Labute approximate surface area is 95.4 Å². The topological polar surface area (TPSA) is 46.5 Å². The molecule has 0 radical (unpaired) electrons. The van der Waals surface area contributed by atoms with Crippen molar-refractivity contribution in [3.63, 3.8) is 0 Å². The van der Waals surface area contributed by atoms with E-state index in [-0.39, 0.29) is 17.1 Å². The molecule has 0 amide bonds. The van der Waals surface area contributed by atoms with Gasteiger partial charge < -0.3 is 9.84 Å². The van der Waals surface area contributed by atoms with E-state index in [0.29, 0.717) is 0 Å². The molecule has 0 fully saturated rings. The van der Waals surface area contributed by atoms with Gasteiger partial charge in [0.15, 0.2) is 17.4 Å². The zero-order valence-corrected chi connectivity index (χ0v) is 9.31. The van der Waals surface area contributed by atoms with Crippen LogP contribution >= 0.6 is 11.8 Å². The van der Waals surface area contributed by atoms with E-state index in [1.807, 2.05) is 0 Å². The number of carboxylic acids is 1. The molecule has 0 aliphatic rings. The predicted octanol–water partition coefficient (Wildman–Crippen LogP) is 2.54. The molecule has 0 saturated heterocycles. The summed E-state index contributed by atoms with van der Waals surface area (Å²) in [4.78, 5) is 10.4. The van der Waals surface area contributed by atoms with Gasteiger partial charge in [-0.05, 0) is 12.1 Å². The van der Waals surface area contributed by atoms with E-state index < -0.39 is 23.4 Å². The van der Waals surface area contributed by atoms with Gasteiger partial charge in [0.25, 0.3) is 0 Å². The fraction of sp³-hybridized carbons (Fsp3) is 0.300. The van der Waals surface area contributed by atoms with Crippen molar-refractivity contribution in [1.29, 1.82) is 0 Å². The fourth-order valence-electron chi connectivity index (χ4n) is 1.06. The van der Waals surface area contributed by atoms with Crippen molar-refractivity contribution in [2.75, 3.05) is 12.9 Å². The molecule has 16 heavy (non-hydrogen) atoms. The molecule has 0 saturated carbocycles. The molecule has 0 aromatic heterocycles. The van der Waals surface area contributed by atoms with E-state index >= 15 is 0 Å². The highest BCUT2D eigenvalue weighted by molar-refractivity contribution is 7.99. The Morgan fingerprint density at radius 1 is 1.50 bits per heavy atom. The van der Waals surface area contributed by atoms with Crippen LogP contribution in [-0.2, 0) is 4.79 Å². The lowest BCUT2D eigenvalue weighted by Crippen LogP contribution is -1.98. The number of methoxy groups -OCH3 is 1. The third kappa shape index (κ3) is 3.10. The number of thioether (sulfide) groups is 1. The molecule has 0 spiro atoms. The smallest absolute Gasteiger partial charge is 0.304 e. The van der Waals surface area contributed by atoms with Gasteiger partial charge in [0, 0.05) is 10.6 Å². The molecule has 3 nitrogen and oxygen atoms in total. The van der Waals surface area contributed by atoms with E-state index in [1.165, 1.54) is 13.2 Å². The molecule has 0 unspecified atom stereocenters. The third-order valence-corrected chi connectivity index (χ3v) is 2.83. The average Bonchev–Trinajstić information content (AvgIpc) is 2.22. The lowest BCUT2D eigenvalue weighted by Gasteiger charge is -2.07. The SMILES string of the molecule is COc1c(F)ccc(SCCC(=O)O)c1F. The van der Waals surface area contributed by atoms with Crippen LogP contribution in [0.2, 0.25) is 0 Å². The van der Waals surface area contributed by atoms with E-state index in [9.17, 15) is 13.6 Å². The second kappa shape index (κ2) is 5.69. The largest absolute Gasteiger partial charge is 0.491 e. The first kappa shape index (κ1) is 12.8. The summed E-state index contributed by atoms with van der Waals surface area (Å²) >= 11 is 1.01. The van der Waals surface area contributed by atoms with Gasteiger partial charge in [-0.2, -0.15) is 0 Å². The van der Waals surface area contributed by atoms with Gasteiger partial charge >= 0.3 is 5.97 Å². The Morgan fingerprint density at radius 3 is 2.75 bits per heavy atom. The maximum absolute atomic E-state index is 13.5. The zero-order chi connectivity index (χ0) is 12.1. The standard InChI is InChI=1S/C10H10F2O3S/c1-15-10-6(11)2-3-7(9(10)12)16-5-4-8(13)14/h2-3H,4-5H2,1H3,(H,13,14). The number of carboxylic acid groups (broad SMARTS) is 1. The van der Waals surface area contributed by atoms with Gasteiger partial charge in [-0.15, -0.1) is 11.8 Å². The molecule has 0 aliphatic carbocycles. The summed E-state index contributed by atoms with van der Waals surface area (Å²) in [6, 6.07) is 2.35. The summed E-state index contributed by atoms with van der Waals surface area (Å²) < 4.78 is 31.1. The van der Waals surface area contributed by atoms with Crippen molar-refractivity contribution < 1.29 is 23.4 Å². The molecule has 0 atom stereocenters. The minimum atomic E-state index is -0.956. The first-order valence-electron chi connectivity index (χ1n) is 4.43. The third-order valence-electron chi connectivity index (χ3n) is 1.79. The Bertz CT molecular complexity index is 396. The fourth-order valence-corrected chi connectivity index (χ4v) is 1.94. The van der Waals surface area contributed by atoms with Crippen LogP contribution in [0, 0.1) is 11.6 Å². The minimum Gasteiger partial charge on any atom is -0.491 e. The summed E-state index contributed by atoms with van der Waals surface area (Å²) in [7, 11) is 1.17. The van der Waals surface area contributed by atoms with Crippen LogP contribution < -0.4 is 4.74 Å². The summed E-state index contributed by atoms with van der Waals surface area (Å²) in [6.45, 7) is 0. The Balaban J connectivity index is 2.77. The van der Waals surface area contributed by atoms with Crippen molar-refractivity contribution in [3.8, 4) is 5.75 Å². The second-order valence-corrected chi connectivity index (χ2v) is 4.02. The van der Waals surface area contributed by atoms with Crippen LogP contribution in [0.4, 0.5) is 8.78 Å². The molecule has 1 aromatic carbocycles. The van der Waals surface area contributed by atoms with Crippen molar-refractivity contribution in [1.82, 2.24) is 0 Å². The van der Waals surface area contributed by atoms with E-state index in [0.717, 1.165) is 17.8 Å². The summed E-state index contributed by atoms with van der Waals surface area (Å²) in [5.41, 5.74) is 0. The van der Waals surface area contributed by atoms with Crippen molar-refractivity contribution >= 4 is 17.7 Å². The Kier molecular flexibility index (Phi) is 4.54. The minimum absolute atomic E-state index is 0.0796. The second-order valence-electron chi connectivity index (χ2n) is 2.88. The molecule has 1 rings (SSSR count).